The largest absolute Gasteiger partial charge is 0.494 e. The summed E-state index contributed by atoms with van der Waals surface area (Å²) < 4.78 is 7.04. The zero-order valence-corrected chi connectivity index (χ0v) is 18.3. The van der Waals surface area contributed by atoms with Gasteiger partial charge in [0.2, 0.25) is 0 Å². The molecule has 1 aromatic heterocycles. The number of halogens is 1. The Morgan fingerprint density at radius 2 is 1.97 bits per heavy atom. The Morgan fingerprint density at radius 1 is 1.20 bits per heavy atom. The van der Waals surface area contributed by atoms with Gasteiger partial charge in [0.25, 0.3) is 0 Å². The molecule has 1 N–H and O–H groups in total. The average Bonchev–Trinajstić information content (AvgIpc) is 3.17. The summed E-state index contributed by atoms with van der Waals surface area (Å²) in [6.07, 6.45) is 4.05. The summed E-state index contributed by atoms with van der Waals surface area (Å²) >= 11 is 7.80. The van der Waals surface area contributed by atoms with Gasteiger partial charge in [-0.05, 0) is 67.5 Å². The van der Waals surface area contributed by atoms with E-state index in [0.29, 0.717) is 18.9 Å². The lowest BCUT2D eigenvalue weighted by molar-refractivity contribution is -0.136. The lowest BCUT2D eigenvalue weighted by atomic mass is 9.94. The number of ether oxygens (including phenoxy) is 1. The van der Waals surface area contributed by atoms with E-state index in [1.54, 1.807) is 11.3 Å². The molecular formula is C23H25ClN2O3S. The minimum absolute atomic E-state index is 0.156. The fourth-order valence-corrected chi connectivity index (χ4v) is 5.07. The third-order valence-electron chi connectivity index (χ3n) is 5.57. The van der Waals surface area contributed by atoms with Crippen LogP contribution in [0.15, 0.2) is 42.5 Å². The van der Waals surface area contributed by atoms with Crippen LogP contribution in [-0.2, 0) is 11.2 Å². The Balaban J connectivity index is 1.20. The minimum atomic E-state index is -0.770. The van der Waals surface area contributed by atoms with Crippen molar-refractivity contribution in [2.45, 2.75) is 32.1 Å². The van der Waals surface area contributed by atoms with Crippen LogP contribution in [0, 0.1) is 5.92 Å². The zero-order chi connectivity index (χ0) is 20.9. The van der Waals surface area contributed by atoms with Crippen LogP contribution in [0.2, 0.25) is 5.02 Å². The first-order valence-corrected chi connectivity index (χ1v) is 11.5. The molecule has 0 atom stereocenters. The molecule has 0 spiro atoms. The zero-order valence-electron chi connectivity index (χ0n) is 16.7. The van der Waals surface area contributed by atoms with Gasteiger partial charge in [-0.15, -0.1) is 0 Å². The van der Waals surface area contributed by atoms with Gasteiger partial charge < -0.3 is 14.7 Å². The molecule has 2 heterocycles. The summed E-state index contributed by atoms with van der Waals surface area (Å²) in [5.74, 6) is 0.744. The van der Waals surface area contributed by atoms with Crippen molar-refractivity contribution in [3.63, 3.8) is 0 Å². The van der Waals surface area contributed by atoms with E-state index < -0.39 is 5.97 Å². The van der Waals surface area contributed by atoms with Crippen molar-refractivity contribution >= 4 is 44.3 Å². The second kappa shape index (κ2) is 9.67. The topological polar surface area (TPSA) is 62.7 Å². The number of hydrogen-bond acceptors (Lipinski definition) is 5. The second-order valence-electron chi connectivity index (χ2n) is 7.71. The molecule has 7 heteroatoms. The normalized spacial score (nSPS) is 14.9. The third-order valence-corrected chi connectivity index (χ3v) is 6.88. The number of benzene rings is 2. The van der Waals surface area contributed by atoms with Crippen LogP contribution < -0.4 is 9.64 Å². The van der Waals surface area contributed by atoms with Crippen LogP contribution in [0.4, 0.5) is 5.13 Å². The van der Waals surface area contributed by atoms with Gasteiger partial charge in [-0.2, -0.15) is 0 Å². The Hall–Kier alpha value is -2.31. The predicted molar refractivity (Wildman–Crippen MR) is 122 cm³/mol. The van der Waals surface area contributed by atoms with E-state index in [1.165, 1.54) is 0 Å². The monoisotopic (exact) mass is 444 g/mol. The van der Waals surface area contributed by atoms with Gasteiger partial charge in [0, 0.05) is 24.5 Å². The Labute approximate surface area is 185 Å². The van der Waals surface area contributed by atoms with Crippen LogP contribution in [0.3, 0.4) is 0 Å². The molecule has 1 aliphatic heterocycles. The highest BCUT2D eigenvalue weighted by atomic mass is 35.5. The number of piperidine rings is 1. The molecule has 0 radical (unpaired) electrons. The van der Waals surface area contributed by atoms with Crippen molar-refractivity contribution in [1.82, 2.24) is 4.98 Å². The Kier molecular flexibility index (Phi) is 6.75. The van der Waals surface area contributed by atoms with Crippen LogP contribution in [0.5, 0.6) is 5.75 Å². The van der Waals surface area contributed by atoms with Gasteiger partial charge in [0.1, 0.15) is 5.75 Å². The fraction of sp³-hybridized carbons (Fsp3) is 0.391. The first-order valence-electron chi connectivity index (χ1n) is 10.3. The third kappa shape index (κ3) is 5.43. The standard InChI is InChI=1S/C23H25ClN2O3S/c24-18-4-7-20-21(15-18)30-23(25-20)26-12-9-17(10-13-26)11-14-29-19-5-1-16(2-6-19)3-8-22(27)28/h1-2,4-7,15,17H,3,8-14H2,(H,27,28). The van der Waals surface area contributed by atoms with E-state index >= 15 is 0 Å². The molecule has 30 heavy (non-hydrogen) atoms. The molecule has 0 amide bonds. The van der Waals surface area contributed by atoms with Gasteiger partial charge >= 0.3 is 5.97 Å². The number of nitrogens with zero attached hydrogens (tertiary/aromatic N) is 2. The van der Waals surface area contributed by atoms with Gasteiger partial charge in [0.15, 0.2) is 5.13 Å². The van der Waals surface area contributed by atoms with Crippen LogP contribution >= 0.6 is 22.9 Å². The number of aromatic nitrogens is 1. The first kappa shape index (κ1) is 20.9. The molecule has 1 saturated heterocycles. The number of fused-ring (bicyclic) bond motifs is 1. The number of rotatable bonds is 8. The van der Waals surface area contributed by atoms with E-state index in [1.807, 2.05) is 42.5 Å². The fourth-order valence-electron chi connectivity index (χ4n) is 3.78. The smallest absolute Gasteiger partial charge is 0.303 e. The summed E-state index contributed by atoms with van der Waals surface area (Å²) in [6.45, 7) is 2.76. The number of thiazole rings is 1. The molecule has 0 saturated carbocycles. The number of aryl methyl sites for hydroxylation is 1. The molecule has 0 aliphatic carbocycles. The summed E-state index contributed by atoms with van der Waals surface area (Å²) in [4.78, 5) is 17.8. The van der Waals surface area contributed by atoms with Crippen molar-refractivity contribution in [3.8, 4) is 5.75 Å². The van der Waals surface area contributed by atoms with E-state index in [9.17, 15) is 4.79 Å². The molecule has 1 fully saturated rings. The van der Waals surface area contributed by atoms with Crippen molar-refractivity contribution < 1.29 is 14.6 Å². The van der Waals surface area contributed by atoms with Gasteiger partial charge in [0.05, 0.1) is 16.8 Å². The van der Waals surface area contributed by atoms with Crippen molar-refractivity contribution in [3.05, 3.63) is 53.1 Å². The molecule has 5 nitrogen and oxygen atoms in total. The molecule has 158 valence electrons. The second-order valence-corrected chi connectivity index (χ2v) is 9.16. The number of anilines is 1. The highest BCUT2D eigenvalue weighted by molar-refractivity contribution is 7.22. The highest BCUT2D eigenvalue weighted by Crippen LogP contribution is 2.33. The number of carboxylic acid groups (broad SMARTS) is 1. The van der Waals surface area contributed by atoms with Crippen LogP contribution in [0.1, 0.15) is 31.2 Å². The van der Waals surface area contributed by atoms with Gasteiger partial charge in [-0.3, -0.25) is 4.79 Å². The number of hydrogen-bond donors (Lipinski definition) is 1. The van der Waals surface area contributed by atoms with Gasteiger partial charge in [-0.1, -0.05) is 35.1 Å². The lowest BCUT2D eigenvalue weighted by Gasteiger charge is -2.31. The minimum Gasteiger partial charge on any atom is -0.494 e. The molecule has 1 aliphatic rings. The van der Waals surface area contributed by atoms with Crippen LogP contribution in [-0.4, -0.2) is 35.8 Å². The van der Waals surface area contributed by atoms with Crippen LogP contribution in [0.25, 0.3) is 10.2 Å². The summed E-state index contributed by atoms with van der Waals surface area (Å²) in [5, 5.41) is 10.6. The summed E-state index contributed by atoms with van der Waals surface area (Å²) in [7, 11) is 0. The van der Waals surface area contributed by atoms with Crippen molar-refractivity contribution in [2.24, 2.45) is 5.92 Å². The first-order chi connectivity index (χ1) is 14.6. The molecule has 0 unspecified atom stereocenters. The van der Waals surface area contributed by atoms with E-state index in [2.05, 4.69) is 4.90 Å². The molecule has 0 bridgehead atoms. The Bertz CT molecular complexity index is 997. The van der Waals surface area contributed by atoms with E-state index in [-0.39, 0.29) is 6.42 Å². The molecule has 3 aromatic rings. The van der Waals surface area contributed by atoms with Crippen molar-refractivity contribution in [2.75, 3.05) is 24.6 Å². The lowest BCUT2D eigenvalue weighted by Crippen LogP contribution is -2.34. The molecule has 4 rings (SSSR count). The quantitative estimate of drug-likeness (QED) is 0.486. The number of carbonyl (C=O) groups is 1. The maximum atomic E-state index is 10.6. The predicted octanol–water partition coefficient (Wildman–Crippen LogP) is 5.65. The highest BCUT2D eigenvalue weighted by Gasteiger charge is 2.21. The SMILES string of the molecule is O=C(O)CCc1ccc(OCCC2CCN(c3nc4ccc(Cl)cc4s3)CC2)cc1. The average molecular weight is 445 g/mol. The molecule has 2 aromatic carbocycles. The maximum absolute atomic E-state index is 10.6. The van der Waals surface area contributed by atoms with E-state index in [0.717, 1.165) is 64.0 Å². The summed E-state index contributed by atoms with van der Waals surface area (Å²) in [5.41, 5.74) is 2.04. The molecular weight excluding hydrogens is 420 g/mol. The van der Waals surface area contributed by atoms with E-state index in [4.69, 9.17) is 26.4 Å². The summed E-state index contributed by atoms with van der Waals surface area (Å²) in [6, 6.07) is 13.6. The van der Waals surface area contributed by atoms with Crippen molar-refractivity contribution in [1.29, 1.82) is 0 Å². The number of carboxylic acids is 1. The Morgan fingerprint density at radius 3 is 2.70 bits per heavy atom. The number of aliphatic carboxylic acids is 1. The van der Waals surface area contributed by atoms with Gasteiger partial charge in [-0.25, -0.2) is 4.98 Å². The maximum Gasteiger partial charge on any atom is 0.303 e.